The number of hydrogen-bond acceptors (Lipinski definition) is 3. The molecule has 0 aliphatic carbocycles. The molecule has 0 fully saturated rings. The molecule has 1 amide bonds. The first-order chi connectivity index (χ1) is 5.11. The molecular formula is C6H8N3OS. The first-order valence-electron chi connectivity index (χ1n) is 3.13. The minimum atomic E-state index is -0.304. The molecule has 0 aromatic rings. The smallest absolute Gasteiger partial charge is 0.256 e. The molecule has 59 valence electrons. The van der Waals surface area contributed by atoms with E-state index >= 15 is 0 Å². The SMILES string of the molecule is CC(N)C1=C[N]C(=S)NC1=O. The largest absolute Gasteiger partial charge is 0.324 e. The number of carbonyl (C=O) groups excluding carboxylic acids is 1. The molecule has 1 aliphatic rings. The summed E-state index contributed by atoms with van der Waals surface area (Å²) in [6, 6.07) is -0.304. The average molecular weight is 170 g/mol. The third-order valence-corrected chi connectivity index (χ3v) is 1.50. The summed E-state index contributed by atoms with van der Waals surface area (Å²) in [6.45, 7) is 1.72. The van der Waals surface area contributed by atoms with Gasteiger partial charge < -0.3 is 5.73 Å². The number of nitrogens with zero attached hydrogens (tertiary/aromatic N) is 1. The monoisotopic (exact) mass is 170 g/mol. The highest BCUT2D eigenvalue weighted by Crippen LogP contribution is 2.02. The normalized spacial score (nSPS) is 20.0. The Morgan fingerprint density at radius 1 is 1.82 bits per heavy atom. The minimum Gasteiger partial charge on any atom is -0.324 e. The second kappa shape index (κ2) is 2.98. The van der Waals surface area contributed by atoms with E-state index in [0.29, 0.717) is 5.57 Å². The Balaban J connectivity index is 2.81. The predicted octanol–water partition coefficient (Wildman–Crippen LogP) is -0.763. The Kier molecular flexibility index (Phi) is 2.21. The van der Waals surface area contributed by atoms with Crippen molar-refractivity contribution in [1.29, 1.82) is 0 Å². The summed E-state index contributed by atoms with van der Waals surface area (Å²) in [4.78, 5) is 11.0. The second-order valence-electron chi connectivity index (χ2n) is 2.26. The van der Waals surface area contributed by atoms with Crippen LogP contribution in [-0.4, -0.2) is 17.1 Å². The van der Waals surface area contributed by atoms with E-state index < -0.39 is 0 Å². The van der Waals surface area contributed by atoms with Crippen molar-refractivity contribution in [3.63, 3.8) is 0 Å². The first-order valence-corrected chi connectivity index (χ1v) is 3.54. The predicted molar refractivity (Wildman–Crippen MR) is 44.6 cm³/mol. The van der Waals surface area contributed by atoms with E-state index in [-0.39, 0.29) is 17.1 Å². The Morgan fingerprint density at radius 2 is 2.45 bits per heavy atom. The van der Waals surface area contributed by atoms with Gasteiger partial charge in [-0.25, -0.2) is 5.32 Å². The Morgan fingerprint density at radius 3 is 2.91 bits per heavy atom. The van der Waals surface area contributed by atoms with Crippen molar-refractivity contribution in [3.8, 4) is 0 Å². The van der Waals surface area contributed by atoms with Crippen LogP contribution >= 0.6 is 12.2 Å². The second-order valence-corrected chi connectivity index (χ2v) is 2.65. The summed E-state index contributed by atoms with van der Waals surface area (Å²) in [7, 11) is 0. The van der Waals surface area contributed by atoms with E-state index in [2.05, 4.69) is 22.9 Å². The van der Waals surface area contributed by atoms with Crippen molar-refractivity contribution < 1.29 is 4.79 Å². The van der Waals surface area contributed by atoms with Crippen LogP contribution in [0.5, 0.6) is 0 Å². The molecule has 5 heteroatoms. The summed E-state index contributed by atoms with van der Waals surface area (Å²) in [6.07, 6.45) is 1.41. The zero-order valence-corrected chi connectivity index (χ0v) is 6.81. The summed E-state index contributed by atoms with van der Waals surface area (Å²) >= 11 is 4.64. The van der Waals surface area contributed by atoms with Crippen LogP contribution in [0, 0.1) is 0 Å². The lowest BCUT2D eigenvalue weighted by molar-refractivity contribution is -0.116. The fraction of sp³-hybridized carbons (Fsp3) is 0.333. The van der Waals surface area contributed by atoms with Crippen LogP contribution in [0.1, 0.15) is 6.92 Å². The van der Waals surface area contributed by atoms with E-state index in [0.717, 1.165) is 0 Å². The molecule has 0 aromatic heterocycles. The van der Waals surface area contributed by atoms with Gasteiger partial charge in [-0.2, -0.15) is 0 Å². The Hall–Kier alpha value is -0.940. The van der Waals surface area contributed by atoms with E-state index in [1.807, 2.05) is 0 Å². The lowest BCUT2D eigenvalue weighted by Crippen LogP contribution is -2.43. The van der Waals surface area contributed by atoms with Crippen LogP contribution in [-0.2, 0) is 4.79 Å². The number of rotatable bonds is 1. The van der Waals surface area contributed by atoms with Gasteiger partial charge in [0.25, 0.3) is 5.91 Å². The van der Waals surface area contributed by atoms with E-state index in [1.165, 1.54) is 6.20 Å². The first kappa shape index (κ1) is 8.16. The fourth-order valence-corrected chi connectivity index (χ4v) is 0.858. The average Bonchev–Trinajstić information content (AvgIpc) is 1.85. The molecule has 0 aromatic carbocycles. The molecular weight excluding hydrogens is 162 g/mol. The third kappa shape index (κ3) is 1.75. The molecule has 1 aliphatic heterocycles. The molecule has 1 rings (SSSR count). The molecule has 4 nitrogen and oxygen atoms in total. The zero-order valence-electron chi connectivity index (χ0n) is 6.00. The van der Waals surface area contributed by atoms with Gasteiger partial charge in [0.15, 0.2) is 5.11 Å². The topological polar surface area (TPSA) is 69.2 Å². The van der Waals surface area contributed by atoms with Crippen molar-refractivity contribution >= 4 is 23.2 Å². The van der Waals surface area contributed by atoms with Crippen LogP contribution in [0.15, 0.2) is 11.8 Å². The molecule has 1 radical (unpaired) electrons. The van der Waals surface area contributed by atoms with E-state index in [9.17, 15) is 4.79 Å². The lowest BCUT2D eigenvalue weighted by Gasteiger charge is -2.15. The van der Waals surface area contributed by atoms with Gasteiger partial charge in [-0.05, 0) is 19.1 Å². The van der Waals surface area contributed by atoms with Gasteiger partial charge in [-0.15, -0.1) is 0 Å². The van der Waals surface area contributed by atoms with Gasteiger partial charge in [0, 0.05) is 12.2 Å². The standard InChI is InChI=1S/C6H8N3OS/c1-3(7)4-2-8-6(11)9-5(4)10/h2-3H,7H2,1H3,(H,9,10,11). The molecule has 1 atom stereocenters. The summed E-state index contributed by atoms with van der Waals surface area (Å²) in [5.41, 5.74) is 5.93. The van der Waals surface area contributed by atoms with E-state index in [4.69, 9.17) is 5.73 Å². The van der Waals surface area contributed by atoms with Crippen LogP contribution < -0.4 is 16.4 Å². The van der Waals surface area contributed by atoms with Crippen LogP contribution in [0.25, 0.3) is 0 Å². The van der Waals surface area contributed by atoms with Gasteiger partial charge in [-0.1, -0.05) is 0 Å². The summed E-state index contributed by atoms with van der Waals surface area (Å²) < 4.78 is 0. The zero-order chi connectivity index (χ0) is 8.43. The van der Waals surface area contributed by atoms with Crippen LogP contribution in [0.2, 0.25) is 0 Å². The minimum absolute atomic E-state index is 0.194. The molecule has 1 unspecified atom stereocenters. The van der Waals surface area contributed by atoms with Crippen molar-refractivity contribution in [3.05, 3.63) is 11.8 Å². The number of nitrogens with two attached hydrogens (primary N) is 1. The maximum Gasteiger partial charge on any atom is 0.256 e. The van der Waals surface area contributed by atoms with Gasteiger partial charge in [0.2, 0.25) is 0 Å². The number of amides is 1. The molecule has 11 heavy (non-hydrogen) atoms. The third-order valence-electron chi connectivity index (χ3n) is 1.29. The van der Waals surface area contributed by atoms with E-state index in [1.54, 1.807) is 6.92 Å². The van der Waals surface area contributed by atoms with Gasteiger partial charge in [0.05, 0.1) is 5.57 Å². The van der Waals surface area contributed by atoms with Crippen molar-refractivity contribution in [2.24, 2.45) is 5.73 Å². The molecule has 0 saturated heterocycles. The number of hydrogen-bond donors (Lipinski definition) is 2. The fourth-order valence-electron chi connectivity index (χ4n) is 0.713. The van der Waals surface area contributed by atoms with Gasteiger partial charge in [-0.3, -0.25) is 10.1 Å². The highest BCUT2D eigenvalue weighted by molar-refractivity contribution is 7.80. The molecule has 3 N–H and O–H groups in total. The number of carbonyl (C=O) groups is 1. The molecule has 0 bridgehead atoms. The van der Waals surface area contributed by atoms with Crippen molar-refractivity contribution in [2.45, 2.75) is 13.0 Å². The Bertz CT molecular complexity index is 234. The van der Waals surface area contributed by atoms with Gasteiger partial charge in [0.1, 0.15) is 0 Å². The quantitative estimate of drug-likeness (QED) is 0.508. The van der Waals surface area contributed by atoms with Crippen LogP contribution in [0.4, 0.5) is 0 Å². The van der Waals surface area contributed by atoms with Crippen LogP contribution in [0.3, 0.4) is 0 Å². The highest BCUT2D eigenvalue weighted by Gasteiger charge is 2.19. The molecule has 0 spiro atoms. The number of thiocarbonyl (C=S) groups is 1. The summed E-state index contributed by atoms with van der Waals surface area (Å²) in [5, 5.41) is 6.32. The lowest BCUT2D eigenvalue weighted by atomic mass is 10.1. The number of nitrogens with one attached hydrogen (secondary N) is 1. The van der Waals surface area contributed by atoms with Crippen molar-refractivity contribution in [2.75, 3.05) is 0 Å². The highest BCUT2D eigenvalue weighted by atomic mass is 32.1. The molecule has 1 heterocycles. The Labute approximate surface area is 69.8 Å². The maximum atomic E-state index is 11.0. The maximum absolute atomic E-state index is 11.0. The summed E-state index contributed by atoms with van der Waals surface area (Å²) in [5.74, 6) is -0.250. The molecule has 0 saturated carbocycles. The van der Waals surface area contributed by atoms with Gasteiger partial charge >= 0.3 is 0 Å². The van der Waals surface area contributed by atoms with Crippen molar-refractivity contribution in [1.82, 2.24) is 10.6 Å².